The summed E-state index contributed by atoms with van der Waals surface area (Å²) < 4.78 is 33.9. The van der Waals surface area contributed by atoms with Crippen LogP contribution in [0.3, 0.4) is 0 Å². The summed E-state index contributed by atoms with van der Waals surface area (Å²) in [6.45, 7) is 2.07. The molecule has 20 heavy (non-hydrogen) atoms. The van der Waals surface area contributed by atoms with Crippen LogP contribution in [0.4, 0.5) is 0 Å². The second-order valence-electron chi connectivity index (χ2n) is 4.80. The van der Waals surface area contributed by atoms with Crippen molar-refractivity contribution < 1.29 is 13.2 Å². The minimum atomic E-state index is -3.54. The van der Waals surface area contributed by atoms with Gasteiger partial charge in [-0.25, -0.2) is 13.1 Å². The first kappa shape index (κ1) is 16.0. The minimum absolute atomic E-state index is 0. The van der Waals surface area contributed by atoms with Gasteiger partial charge in [0.15, 0.2) is 0 Å². The van der Waals surface area contributed by atoms with E-state index in [1.54, 1.807) is 6.07 Å². The van der Waals surface area contributed by atoms with Crippen molar-refractivity contribution in [3.63, 3.8) is 0 Å². The predicted octanol–water partition coefficient (Wildman–Crippen LogP) is 1.45. The van der Waals surface area contributed by atoms with Crippen LogP contribution in [0.2, 0.25) is 0 Å². The van der Waals surface area contributed by atoms with Crippen molar-refractivity contribution in [2.24, 2.45) is 0 Å². The molecule has 3 rings (SSSR count). The molecule has 2 N–H and O–H groups in total. The van der Waals surface area contributed by atoms with E-state index in [4.69, 9.17) is 4.74 Å². The van der Waals surface area contributed by atoms with Gasteiger partial charge in [0.1, 0.15) is 10.6 Å². The highest BCUT2D eigenvalue weighted by atomic mass is 79.9. The number of nitrogens with one attached hydrogen (secondary N) is 2. The molecule has 0 bridgehead atoms. The molecule has 0 aromatic heterocycles. The molecule has 5 nitrogen and oxygen atoms in total. The van der Waals surface area contributed by atoms with E-state index in [0.29, 0.717) is 18.9 Å². The number of sulfonamides is 1. The number of benzene rings is 1. The molecule has 1 fully saturated rings. The fourth-order valence-electron chi connectivity index (χ4n) is 2.47. The lowest BCUT2D eigenvalue weighted by atomic mass is 10.2. The Balaban J connectivity index is 0.00000147. The normalized spacial score (nSPS) is 21.1. The summed E-state index contributed by atoms with van der Waals surface area (Å²) in [7, 11) is -3.54. The summed E-state index contributed by atoms with van der Waals surface area (Å²) in [5.74, 6) is 0.502. The molecule has 8 heteroatoms. The van der Waals surface area contributed by atoms with E-state index in [2.05, 4.69) is 26.0 Å². The third kappa shape index (κ3) is 3.12. The van der Waals surface area contributed by atoms with Crippen LogP contribution in [0.15, 0.2) is 21.5 Å². The number of ether oxygens (including phenoxy) is 1. The molecule has 112 valence electrons. The number of fused-ring (bicyclic) bond motifs is 1. The summed E-state index contributed by atoms with van der Waals surface area (Å²) in [6.07, 6.45) is 1.57. The highest BCUT2D eigenvalue weighted by Gasteiger charge is 2.29. The van der Waals surface area contributed by atoms with Crippen molar-refractivity contribution in [3.8, 4) is 5.75 Å². The number of hydrogen-bond donors (Lipinski definition) is 2. The third-order valence-electron chi connectivity index (χ3n) is 3.39. The average molecular weight is 384 g/mol. The standard InChI is InChI=1S/C12H15BrN2O3S.ClH/c13-9-5-8-2-4-18-12(8)11(6-9)19(16,17)15-10-1-3-14-7-10;/h5-6,10,14-15H,1-4,7H2;1H. The quantitative estimate of drug-likeness (QED) is 0.829. The van der Waals surface area contributed by atoms with E-state index in [9.17, 15) is 8.42 Å². The first-order chi connectivity index (χ1) is 9.06. The van der Waals surface area contributed by atoms with Crippen molar-refractivity contribution in [3.05, 3.63) is 22.2 Å². The Morgan fingerprint density at radius 1 is 1.40 bits per heavy atom. The molecule has 0 radical (unpaired) electrons. The second-order valence-corrected chi connectivity index (χ2v) is 7.40. The van der Waals surface area contributed by atoms with Crippen molar-refractivity contribution in [1.29, 1.82) is 0 Å². The Bertz CT molecular complexity index is 603. The van der Waals surface area contributed by atoms with E-state index >= 15 is 0 Å². The molecule has 1 atom stereocenters. The lowest BCUT2D eigenvalue weighted by Gasteiger charge is -2.14. The zero-order valence-corrected chi connectivity index (χ0v) is 13.9. The average Bonchev–Trinajstić information content (AvgIpc) is 2.97. The molecule has 2 aliphatic rings. The fraction of sp³-hybridized carbons (Fsp3) is 0.500. The van der Waals surface area contributed by atoms with Gasteiger partial charge in [0, 0.05) is 29.0 Å². The van der Waals surface area contributed by atoms with E-state index in [-0.39, 0.29) is 23.3 Å². The molecule has 0 spiro atoms. The molecule has 1 saturated heterocycles. The van der Waals surface area contributed by atoms with Gasteiger partial charge in [-0.3, -0.25) is 0 Å². The molecule has 2 aliphatic heterocycles. The van der Waals surface area contributed by atoms with Crippen LogP contribution in [0.5, 0.6) is 5.75 Å². The van der Waals surface area contributed by atoms with Crippen molar-refractivity contribution in [2.75, 3.05) is 19.7 Å². The second kappa shape index (κ2) is 6.19. The first-order valence-electron chi connectivity index (χ1n) is 6.24. The van der Waals surface area contributed by atoms with Gasteiger partial charge in [0.05, 0.1) is 6.61 Å². The Hall–Kier alpha value is -0.340. The fourth-order valence-corrected chi connectivity index (χ4v) is 4.61. The summed E-state index contributed by atoms with van der Waals surface area (Å²) in [6, 6.07) is 3.48. The van der Waals surface area contributed by atoms with Gasteiger partial charge in [0.25, 0.3) is 0 Å². The highest BCUT2D eigenvalue weighted by molar-refractivity contribution is 9.10. The van der Waals surface area contributed by atoms with Crippen LogP contribution in [0.1, 0.15) is 12.0 Å². The Morgan fingerprint density at radius 3 is 2.90 bits per heavy atom. The van der Waals surface area contributed by atoms with E-state index in [0.717, 1.165) is 29.4 Å². The molecular weight excluding hydrogens is 368 g/mol. The maximum absolute atomic E-state index is 12.5. The topological polar surface area (TPSA) is 67.4 Å². The summed E-state index contributed by atoms with van der Waals surface area (Å²) >= 11 is 3.36. The lowest BCUT2D eigenvalue weighted by molar-refractivity contribution is 0.348. The van der Waals surface area contributed by atoms with Gasteiger partial charge in [-0.15, -0.1) is 12.4 Å². The van der Waals surface area contributed by atoms with E-state index < -0.39 is 10.0 Å². The Kier molecular flexibility index (Phi) is 4.96. The van der Waals surface area contributed by atoms with Gasteiger partial charge >= 0.3 is 0 Å². The van der Waals surface area contributed by atoms with E-state index in [1.165, 1.54) is 0 Å². The Labute approximate surface area is 133 Å². The SMILES string of the molecule is Cl.O=S(=O)(NC1CCNC1)c1cc(Br)cc2c1OCC2. The summed E-state index contributed by atoms with van der Waals surface area (Å²) in [4.78, 5) is 0.237. The van der Waals surface area contributed by atoms with Crippen molar-refractivity contribution in [2.45, 2.75) is 23.8 Å². The van der Waals surface area contributed by atoms with Crippen LogP contribution >= 0.6 is 28.3 Å². The molecular formula is C12H16BrClN2O3S. The minimum Gasteiger partial charge on any atom is -0.492 e. The molecule has 1 aromatic carbocycles. The van der Waals surface area contributed by atoms with Gasteiger partial charge in [-0.2, -0.15) is 0 Å². The number of halogens is 2. The molecule has 2 heterocycles. The maximum atomic E-state index is 12.5. The molecule has 0 saturated carbocycles. The zero-order chi connectivity index (χ0) is 13.5. The lowest BCUT2D eigenvalue weighted by Crippen LogP contribution is -2.36. The van der Waals surface area contributed by atoms with Crippen LogP contribution in [-0.2, 0) is 16.4 Å². The smallest absolute Gasteiger partial charge is 0.244 e. The predicted molar refractivity (Wildman–Crippen MR) is 82.2 cm³/mol. The van der Waals surface area contributed by atoms with Crippen LogP contribution < -0.4 is 14.8 Å². The Morgan fingerprint density at radius 2 is 2.20 bits per heavy atom. The molecule has 0 aliphatic carbocycles. The first-order valence-corrected chi connectivity index (χ1v) is 8.52. The number of rotatable bonds is 3. The molecule has 1 unspecified atom stereocenters. The van der Waals surface area contributed by atoms with Gasteiger partial charge in [0.2, 0.25) is 10.0 Å². The van der Waals surface area contributed by atoms with Gasteiger partial charge in [-0.05, 0) is 25.1 Å². The van der Waals surface area contributed by atoms with Crippen LogP contribution in [0.25, 0.3) is 0 Å². The van der Waals surface area contributed by atoms with Crippen LogP contribution in [0, 0.1) is 0 Å². The summed E-state index contributed by atoms with van der Waals surface area (Å²) in [5, 5.41) is 3.14. The number of hydrogen-bond acceptors (Lipinski definition) is 4. The van der Waals surface area contributed by atoms with Crippen molar-refractivity contribution >= 4 is 38.4 Å². The third-order valence-corrected chi connectivity index (χ3v) is 5.37. The van der Waals surface area contributed by atoms with Crippen molar-refractivity contribution in [1.82, 2.24) is 10.0 Å². The largest absolute Gasteiger partial charge is 0.492 e. The molecule has 0 amide bonds. The zero-order valence-electron chi connectivity index (χ0n) is 10.7. The van der Waals surface area contributed by atoms with Gasteiger partial charge in [-0.1, -0.05) is 15.9 Å². The van der Waals surface area contributed by atoms with Crippen LogP contribution in [-0.4, -0.2) is 34.2 Å². The maximum Gasteiger partial charge on any atom is 0.244 e. The monoisotopic (exact) mass is 382 g/mol. The van der Waals surface area contributed by atoms with E-state index in [1.807, 2.05) is 6.07 Å². The summed E-state index contributed by atoms with van der Waals surface area (Å²) in [5.41, 5.74) is 0.944. The molecule has 1 aromatic rings. The van der Waals surface area contributed by atoms with Gasteiger partial charge < -0.3 is 10.1 Å². The highest BCUT2D eigenvalue weighted by Crippen LogP contribution is 2.35.